The summed E-state index contributed by atoms with van der Waals surface area (Å²) in [6.45, 7) is 0. The van der Waals surface area contributed by atoms with Crippen molar-refractivity contribution in [3.8, 4) is 67.0 Å². The molecule has 13 rings (SSSR count). The van der Waals surface area contributed by atoms with Gasteiger partial charge in [0.05, 0.1) is 22.4 Å². The zero-order valence-electron chi connectivity index (χ0n) is 36.0. The Morgan fingerprint density at radius 3 is 0.924 bits per heavy atom. The van der Waals surface area contributed by atoms with Crippen LogP contribution in [-0.2, 0) is 0 Å². The molecule has 2 nitrogen and oxygen atoms in total. The van der Waals surface area contributed by atoms with Gasteiger partial charge in [0.15, 0.2) is 0 Å². The largest absolute Gasteiger partial charge is 0.245 e. The first-order valence-electron chi connectivity index (χ1n) is 22.6. The van der Waals surface area contributed by atoms with E-state index in [0.717, 1.165) is 66.6 Å². The topological polar surface area (TPSA) is 25.8 Å². The average Bonchev–Trinajstić information content (AvgIpc) is 3.40. The van der Waals surface area contributed by atoms with Crippen molar-refractivity contribution in [2.24, 2.45) is 0 Å². The van der Waals surface area contributed by atoms with Crippen molar-refractivity contribution in [3.05, 3.63) is 243 Å². The molecule has 0 radical (unpaired) electrons. The molecule has 0 N–H and O–H groups in total. The van der Waals surface area contributed by atoms with Crippen molar-refractivity contribution in [2.75, 3.05) is 0 Å². The summed E-state index contributed by atoms with van der Waals surface area (Å²) in [7, 11) is 0. The van der Waals surface area contributed by atoms with E-state index in [1.165, 1.54) is 65.3 Å². The Morgan fingerprint density at radius 2 is 0.515 bits per heavy atom. The number of hydrogen-bond acceptors (Lipinski definition) is 2. The zero-order chi connectivity index (χ0) is 43.6. The average molecular weight is 837 g/mol. The van der Waals surface area contributed by atoms with E-state index in [1.54, 1.807) is 0 Å². The Hall–Kier alpha value is -8.72. The number of aromatic nitrogens is 2. The lowest BCUT2D eigenvalue weighted by atomic mass is 9.90. The van der Waals surface area contributed by atoms with Crippen LogP contribution in [0.25, 0.3) is 132 Å². The maximum atomic E-state index is 5.75. The SMILES string of the molecule is c1ccc(-c2ccc(-c3cc(-c4cc5ccccc5c5ccccc45)nc4c3ccc3c(-c5ccc(-c6ccccc6)cc5)cc(-c5cc6ccccc6c6ccccc56)nc34)cc2)cc1. The second-order valence-corrected chi connectivity index (χ2v) is 17.2. The molecule has 0 fully saturated rings. The van der Waals surface area contributed by atoms with Crippen molar-refractivity contribution in [1.82, 2.24) is 9.97 Å². The maximum Gasteiger partial charge on any atom is 0.0978 e. The van der Waals surface area contributed by atoms with Gasteiger partial charge in [-0.1, -0.05) is 218 Å². The van der Waals surface area contributed by atoms with Gasteiger partial charge in [-0.25, -0.2) is 9.97 Å². The first kappa shape index (κ1) is 37.8. The van der Waals surface area contributed by atoms with Crippen LogP contribution >= 0.6 is 0 Å². The summed E-state index contributed by atoms with van der Waals surface area (Å²) in [5.41, 5.74) is 15.0. The zero-order valence-corrected chi connectivity index (χ0v) is 36.0. The van der Waals surface area contributed by atoms with Gasteiger partial charge in [0.2, 0.25) is 0 Å². The van der Waals surface area contributed by atoms with Crippen molar-refractivity contribution < 1.29 is 0 Å². The number of fused-ring (bicyclic) bond motifs is 9. The van der Waals surface area contributed by atoms with E-state index in [0.29, 0.717) is 0 Å². The Bertz CT molecular complexity index is 3740. The summed E-state index contributed by atoms with van der Waals surface area (Å²) in [6, 6.07) is 87.8. The smallest absolute Gasteiger partial charge is 0.0978 e. The van der Waals surface area contributed by atoms with Gasteiger partial charge >= 0.3 is 0 Å². The van der Waals surface area contributed by atoms with Gasteiger partial charge in [-0.15, -0.1) is 0 Å². The van der Waals surface area contributed by atoms with E-state index >= 15 is 0 Å². The highest BCUT2D eigenvalue weighted by molar-refractivity contribution is 6.18. The molecule has 0 aliphatic rings. The van der Waals surface area contributed by atoms with E-state index in [-0.39, 0.29) is 0 Å². The molecule has 0 unspecified atom stereocenters. The third kappa shape index (κ3) is 6.34. The minimum absolute atomic E-state index is 0.874. The lowest BCUT2D eigenvalue weighted by molar-refractivity contribution is 1.37. The Morgan fingerprint density at radius 1 is 0.197 bits per heavy atom. The third-order valence-corrected chi connectivity index (χ3v) is 13.5. The minimum atomic E-state index is 0.874. The molecule has 0 amide bonds. The summed E-state index contributed by atoms with van der Waals surface area (Å²) in [5, 5.41) is 11.7. The third-order valence-electron chi connectivity index (χ3n) is 13.5. The summed E-state index contributed by atoms with van der Waals surface area (Å²) in [4.78, 5) is 11.5. The van der Waals surface area contributed by atoms with Crippen LogP contribution in [0.3, 0.4) is 0 Å². The Kier molecular flexibility index (Phi) is 8.89. The van der Waals surface area contributed by atoms with Crippen LogP contribution in [0.1, 0.15) is 0 Å². The Balaban J connectivity index is 1.13. The molecular weight excluding hydrogens is 797 g/mol. The molecule has 2 heteroatoms. The fourth-order valence-corrected chi connectivity index (χ4v) is 10.2. The quantitative estimate of drug-likeness (QED) is 0.156. The summed E-state index contributed by atoms with van der Waals surface area (Å²) < 4.78 is 0. The second kappa shape index (κ2) is 15.5. The van der Waals surface area contributed by atoms with E-state index in [2.05, 4.69) is 243 Å². The first-order chi connectivity index (χ1) is 32.7. The van der Waals surface area contributed by atoms with Gasteiger partial charge in [0, 0.05) is 21.9 Å². The van der Waals surface area contributed by atoms with Crippen LogP contribution in [0.5, 0.6) is 0 Å². The molecule has 0 bridgehead atoms. The van der Waals surface area contributed by atoms with Crippen LogP contribution in [0, 0.1) is 0 Å². The second-order valence-electron chi connectivity index (χ2n) is 17.2. The van der Waals surface area contributed by atoms with Gasteiger partial charge in [-0.3, -0.25) is 0 Å². The van der Waals surface area contributed by atoms with Crippen LogP contribution in [0.2, 0.25) is 0 Å². The fourth-order valence-electron chi connectivity index (χ4n) is 10.2. The molecular formula is C64H40N2. The molecule has 0 aliphatic heterocycles. The van der Waals surface area contributed by atoms with Gasteiger partial charge in [0.25, 0.3) is 0 Å². The minimum Gasteiger partial charge on any atom is -0.245 e. The highest BCUT2D eigenvalue weighted by atomic mass is 14.8. The molecule has 0 atom stereocenters. The summed E-state index contributed by atoms with van der Waals surface area (Å²) in [6.07, 6.45) is 0. The Labute approximate surface area is 382 Å². The molecule has 306 valence electrons. The number of rotatable bonds is 6. The summed E-state index contributed by atoms with van der Waals surface area (Å²) in [5.74, 6) is 0. The predicted molar refractivity (Wildman–Crippen MR) is 280 cm³/mol. The molecule has 2 aromatic heterocycles. The molecule has 0 saturated heterocycles. The standard InChI is InChI=1S/C64H40N2/c1-3-15-41(16-4-1)43-27-31-45(32-28-43)57-39-61(59-37-47-19-7-9-21-49(47)51-23-11-13-25-53(51)59)65-63-55(57)35-36-56-58(46-33-29-44(30-34-46)42-17-5-2-6-18-42)40-62(66-64(56)63)60-38-48-20-8-10-22-50(48)52-24-12-14-26-54(52)60/h1-40H. The number of hydrogen-bond donors (Lipinski definition) is 0. The number of nitrogens with zero attached hydrogens (tertiary/aromatic N) is 2. The molecule has 2 heterocycles. The van der Waals surface area contributed by atoms with E-state index in [1.807, 2.05) is 0 Å². The molecule has 0 saturated carbocycles. The molecule has 0 spiro atoms. The normalized spacial score (nSPS) is 11.6. The monoisotopic (exact) mass is 836 g/mol. The van der Waals surface area contributed by atoms with Crippen LogP contribution in [-0.4, -0.2) is 9.97 Å². The van der Waals surface area contributed by atoms with Crippen molar-refractivity contribution in [1.29, 1.82) is 0 Å². The fraction of sp³-hybridized carbons (Fsp3) is 0. The van der Waals surface area contributed by atoms with Gasteiger partial charge in [0.1, 0.15) is 0 Å². The van der Waals surface area contributed by atoms with Crippen molar-refractivity contribution in [3.63, 3.8) is 0 Å². The number of benzene rings is 11. The van der Waals surface area contributed by atoms with E-state index in [9.17, 15) is 0 Å². The van der Waals surface area contributed by atoms with Gasteiger partial charge in [-0.2, -0.15) is 0 Å². The van der Waals surface area contributed by atoms with Crippen LogP contribution in [0.15, 0.2) is 243 Å². The maximum absolute atomic E-state index is 5.75. The summed E-state index contributed by atoms with van der Waals surface area (Å²) >= 11 is 0. The van der Waals surface area contributed by atoms with Gasteiger partial charge in [-0.05, 0) is 112 Å². The lowest BCUT2D eigenvalue weighted by Gasteiger charge is -2.18. The number of pyridine rings is 2. The van der Waals surface area contributed by atoms with Crippen molar-refractivity contribution in [2.45, 2.75) is 0 Å². The van der Waals surface area contributed by atoms with E-state index in [4.69, 9.17) is 9.97 Å². The molecule has 11 aromatic carbocycles. The molecule has 13 aromatic rings. The highest BCUT2D eigenvalue weighted by Crippen LogP contribution is 2.43. The first-order valence-corrected chi connectivity index (χ1v) is 22.6. The van der Waals surface area contributed by atoms with Crippen LogP contribution < -0.4 is 0 Å². The lowest BCUT2D eigenvalue weighted by Crippen LogP contribution is -1.97. The van der Waals surface area contributed by atoms with Crippen LogP contribution in [0.4, 0.5) is 0 Å². The highest BCUT2D eigenvalue weighted by Gasteiger charge is 2.20. The van der Waals surface area contributed by atoms with E-state index < -0.39 is 0 Å². The van der Waals surface area contributed by atoms with Crippen molar-refractivity contribution >= 4 is 64.9 Å². The van der Waals surface area contributed by atoms with Gasteiger partial charge < -0.3 is 0 Å². The molecule has 0 aliphatic carbocycles. The predicted octanol–water partition coefficient (Wildman–Crippen LogP) is 17.4. The molecule has 66 heavy (non-hydrogen) atoms.